The summed E-state index contributed by atoms with van der Waals surface area (Å²) in [6.07, 6.45) is 0. The Morgan fingerprint density at radius 1 is 1.14 bits per heavy atom. The van der Waals surface area contributed by atoms with Crippen LogP contribution in [-0.4, -0.2) is 26.0 Å². The molecule has 5 N–H and O–H groups in total. The number of amides is 1. The highest BCUT2D eigenvalue weighted by Crippen LogP contribution is 2.15. The van der Waals surface area contributed by atoms with Gasteiger partial charge in [-0.05, 0) is 30.3 Å². The molecular formula is C16H20N4O. The zero-order chi connectivity index (χ0) is 15.2. The molecule has 1 amide bonds. The van der Waals surface area contributed by atoms with Gasteiger partial charge >= 0.3 is 0 Å². The largest absolute Gasteiger partial charge is 0.399 e. The van der Waals surface area contributed by atoms with Crippen molar-refractivity contribution >= 4 is 23.0 Å². The van der Waals surface area contributed by atoms with Crippen molar-refractivity contribution < 1.29 is 4.79 Å². The zero-order valence-electron chi connectivity index (χ0n) is 12.0. The van der Waals surface area contributed by atoms with E-state index in [-0.39, 0.29) is 5.91 Å². The second kappa shape index (κ2) is 6.65. The van der Waals surface area contributed by atoms with Crippen LogP contribution < -0.4 is 21.7 Å². The highest BCUT2D eigenvalue weighted by molar-refractivity contribution is 5.99. The predicted molar refractivity (Wildman–Crippen MR) is 87.3 cm³/mol. The first kappa shape index (κ1) is 14.7. The number of carbonyl (C=O) groups excluding carboxylic acids is 1. The second-order valence-corrected chi connectivity index (χ2v) is 4.86. The van der Waals surface area contributed by atoms with Crippen molar-refractivity contribution in [2.75, 3.05) is 36.5 Å². The van der Waals surface area contributed by atoms with Crippen molar-refractivity contribution in [2.24, 2.45) is 0 Å². The number of benzene rings is 2. The molecule has 0 aliphatic rings. The third kappa shape index (κ3) is 3.89. The number of nitrogens with one attached hydrogen (secondary N) is 1. The lowest BCUT2D eigenvalue weighted by Gasteiger charge is -2.19. The molecule has 2 rings (SSSR count). The number of nitrogens with zero attached hydrogens (tertiary/aromatic N) is 1. The van der Waals surface area contributed by atoms with E-state index in [9.17, 15) is 4.79 Å². The fourth-order valence-corrected chi connectivity index (χ4v) is 2.03. The van der Waals surface area contributed by atoms with Crippen LogP contribution in [0.1, 0.15) is 10.4 Å². The fraction of sp³-hybridized carbons (Fsp3) is 0.188. The number of para-hydroxylation sites is 1. The highest BCUT2D eigenvalue weighted by atomic mass is 16.1. The number of hydrogen-bond donors (Lipinski definition) is 3. The summed E-state index contributed by atoms with van der Waals surface area (Å²) in [6, 6.07) is 14.9. The molecule has 0 unspecified atom stereocenters. The van der Waals surface area contributed by atoms with Crippen molar-refractivity contribution in [1.82, 2.24) is 5.32 Å². The zero-order valence-corrected chi connectivity index (χ0v) is 12.0. The van der Waals surface area contributed by atoms with Crippen LogP contribution in [-0.2, 0) is 0 Å². The quantitative estimate of drug-likeness (QED) is 0.730. The van der Waals surface area contributed by atoms with Gasteiger partial charge in [0.2, 0.25) is 0 Å². The molecule has 0 saturated heterocycles. The molecule has 2 aromatic carbocycles. The van der Waals surface area contributed by atoms with Crippen molar-refractivity contribution in [3.63, 3.8) is 0 Å². The molecule has 0 radical (unpaired) electrons. The van der Waals surface area contributed by atoms with E-state index >= 15 is 0 Å². The van der Waals surface area contributed by atoms with Crippen molar-refractivity contribution in [2.45, 2.75) is 0 Å². The van der Waals surface area contributed by atoms with Crippen LogP contribution in [0.5, 0.6) is 0 Å². The smallest absolute Gasteiger partial charge is 0.253 e. The van der Waals surface area contributed by atoms with Crippen LogP contribution in [0.25, 0.3) is 0 Å². The molecule has 0 fully saturated rings. The Morgan fingerprint density at radius 2 is 1.86 bits per heavy atom. The van der Waals surface area contributed by atoms with E-state index in [4.69, 9.17) is 11.5 Å². The molecule has 0 aliphatic heterocycles. The van der Waals surface area contributed by atoms with Gasteiger partial charge in [-0.1, -0.05) is 18.2 Å². The minimum Gasteiger partial charge on any atom is -0.399 e. The minimum atomic E-state index is -0.186. The van der Waals surface area contributed by atoms with Crippen LogP contribution in [0.15, 0.2) is 48.5 Å². The van der Waals surface area contributed by atoms with E-state index < -0.39 is 0 Å². The number of nitrogens with two attached hydrogens (primary N) is 2. The Morgan fingerprint density at radius 3 is 2.52 bits per heavy atom. The monoisotopic (exact) mass is 284 g/mol. The van der Waals surface area contributed by atoms with Gasteiger partial charge in [0.25, 0.3) is 5.91 Å². The molecule has 110 valence electrons. The number of nitrogen functional groups attached to an aromatic ring is 2. The predicted octanol–water partition coefficient (Wildman–Crippen LogP) is 1.72. The lowest BCUT2D eigenvalue weighted by Crippen LogP contribution is -2.33. The standard InChI is InChI=1S/C16H20N4O/c1-20(13-5-3-2-4-6-13)10-9-19-16(21)14-8-7-12(17)11-15(14)18/h2-8,11H,9-10,17-18H2,1H3,(H,19,21). The lowest BCUT2D eigenvalue weighted by molar-refractivity contribution is 0.0955. The van der Waals surface area contributed by atoms with Crippen LogP contribution in [0, 0.1) is 0 Å². The van der Waals surface area contributed by atoms with Gasteiger partial charge < -0.3 is 21.7 Å². The first-order chi connectivity index (χ1) is 10.1. The van der Waals surface area contributed by atoms with E-state index in [0.717, 1.165) is 5.69 Å². The Kier molecular flexibility index (Phi) is 4.66. The summed E-state index contributed by atoms with van der Waals surface area (Å²) in [7, 11) is 1.99. The molecule has 0 bridgehead atoms. The van der Waals surface area contributed by atoms with Crippen LogP contribution in [0.3, 0.4) is 0 Å². The fourth-order valence-electron chi connectivity index (χ4n) is 2.03. The number of carbonyl (C=O) groups is 1. The van der Waals surface area contributed by atoms with Crippen molar-refractivity contribution in [1.29, 1.82) is 0 Å². The lowest BCUT2D eigenvalue weighted by atomic mass is 10.1. The number of rotatable bonds is 5. The molecule has 0 aliphatic carbocycles. The molecule has 0 aromatic heterocycles. The molecule has 5 nitrogen and oxygen atoms in total. The van der Waals surface area contributed by atoms with Crippen molar-refractivity contribution in [3.8, 4) is 0 Å². The van der Waals surface area contributed by atoms with Crippen LogP contribution in [0.2, 0.25) is 0 Å². The van der Waals surface area contributed by atoms with Crippen LogP contribution in [0.4, 0.5) is 17.1 Å². The first-order valence-corrected chi connectivity index (χ1v) is 6.77. The summed E-state index contributed by atoms with van der Waals surface area (Å²) < 4.78 is 0. The Labute approximate surface area is 124 Å². The average Bonchev–Trinajstić information content (AvgIpc) is 2.47. The van der Waals surface area contributed by atoms with Gasteiger partial charge in [0.15, 0.2) is 0 Å². The Balaban J connectivity index is 1.87. The van der Waals surface area contributed by atoms with E-state index in [1.54, 1.807) is 18.2 Å². The Bertz CT molecular complexity index is 613. The number of likely N-dealkylation sites (N-methyl/N-ethyl adjacent to an activating group) is 1. The minimum absolute atomic E-state index is 0.186. The van der Waals surface area contributed by atoms with Gasteiger partial charge in [-0.25, -0.2) is 0 Å². The van der Waals surface area contributed by atoms with Gasteiger partial charge in [-0.2, -0.15) is 0 Å². The molecule has 0 spiro atoms. The topological polar surface area (TPSA) is 84.4 Å². The summed E-state index contributed by atoms with van der Waals surface area (Å²) >= 11 is 0. The molecule has 2 aromatic rings. The summed E-state index contributed by atoms with van der Waals surface area (Å²) in [5.41, 5.74) is 13.9. The van der Waals surface area contributed by atoms with Gasteiger partial charge in [-0.15, -0.1) is 0 Å². The van der Waals surface area contributed by atoms with E-state index in [1.807, 2.05) is 37.4 Å². The van der Waals surface area contributed by atoms with E-state index in [0.29, 0.717) is 30.0 Å². The highest BCUT2D eigenvalue weighted by Gasteiger charge is 2.09. The molecule has 21 heavy (non-hydrogen) atoms. The maximum Gasteiger partial charge on any atom is 0.253 e. The van der Waals surface area contributed by atoms with Gasteiger partial charge in [0.05, 0.1) is 5.56 Å². The molecule has 5 heteroatoms. The van der Waals surface area contributed by atoms with Gasteiger partial charge in [-0.3, -0.25) is 4.79 Å². The second-order valence-electron chi connectivity index (χ2n) is 4.86. The summed E-state index contributed by atoms with van der Waals surface area (Å²) in [5.74, 6) is -0.186. The maximum atomic E-state index is 12.0. The maximum absolute atomic E-state index is 12.0. The SMILES string of the molecule is CN(CCNC(=O)c1ccc(N)cc1N)c1ccccc1. The summed E-state index contributed by atoms with van der Waals surface area (Å²) in [6.45, 7) is 1.25. The number of hydrogen-bond acceptors (Lipinski definition) is 4. The molecule has 0 atom stereocenters. The molecule has 0 saturated carbocycles. The van der Waals surface area contributed by atoms with E-state index in [1.165, 1.54) is 0 Å². The summed E-state index contributed by atoms with van der Waals surface area (Å²) in [4.78, 5) is 14.1. The van der Waals surface area contributed by atoms with Gasteiger partial charge in [0, 0.05) is 37.2 Å². The third-order valence-corrected chi connectivity index (χ3v) is 3.25. The van der Waals surface area contributed by atoms with Gasteiger partial charge in [0.1, 0.15) is 0 Å². The number of anilines is 3. The Hall–Kier alpha value is -2.69. The summed E-state index contributed by atoms with van der Waals surface area (Å²) in [5, 5.41) is 2.86. The van der Waals surface area contributed by atoms with E-state index in [2.05, 4.69) is 10.2 Å². The average molecular weight is 284 g/mol. The van der Waals surface area contributed by atoms with Crippen LogP contribution >= 0.6 is 0 Å². The third-order valence-electron chi connectivity index (χ3n) is 3.25. The normalized spacial score (nSPS) is 10.1. The molecule has 0 heterocycles. The van der Waals surface area contributed by atoms with Crippen molar-refractivity contribution in [3.05, 3.63) is 54.1 Å². The first-order valence-electron chi connectivity index (χ1n) is 6.77. The molecular weight excluding hydrogens is 264 g/mol.